The fraction of sp³-hybridized carbons (Fsp3) is 0.850. The molecule has 3 aliphatic carbocycles. The first kappa shape index (κ1) is 16.1. The van der Waals surface area contributed by atoms with Gasteiger partial charge in [-0.25, -0.2) is 4.79 Å². The summed E-state index contributed by atoms with van der Waals surface area (Å²) < 4.78 is 6.31. The van der Waals surface area contributed by atoms with E-state index >= 15 is 0 Å². The third-order valence-electron chi connectivity index (χ3n) is 6.61. The van der Waals surface area contributed by atoms with Gasteiger partial charge < -0.3 is 4.74 Å². The molecule has 3 saturated carbocycles. The zero-order chi connectivity index (χ0) is 15.6. The van der Waals surface area contributed by atoms with E-state index in [2.05, 4.69) is 6.58 Å². The summed E-state index contributed by atoms with van der Waals surface area (Å²) in [4.78, 5) is 12.4. The molecule has 0 bridgehead atoms. The number of carbonyl (C=O) groups is 1. The van der Waals surface area contributed by atoms with Gasteiger partial charge in [0, 0.05) is 11.5 Å². The van der Waals surface area contributed by atoms with Gasteiger partial charge in [-0.1, -0.05) is 45.1 Å². The third-order valence-corrected chi connectivity index (χ3v) is 6.61. The molecule has 0 spiro atoms. The maximum atomic E-state index is 12.4. The molecule has 3 rings (SSSR count). The van der Waals surface area contributed by atoms with Gasteiger partial charge in [0.1, 0.15) is 5.60 Å². The topological polar surface area (TPSA) is 26.3 Å². The van der Waals surface area contributed by atoms with Crippen molar-refractivity contribution in [2.75, 3.05) is 0 Å². The van der Waals surface area contributed by atoms with Crippen LogP contribution in [0, 0.1) is 17.8 Å². The summed E-state index contributed by atoms with van der Waals surface area (Å²) in [6, 6.07) is 0. The predicted octanol–water partition coefficient (Wildman–Crippen LogP) is 5.42. The van der Waals surface area contributed by atoms with Crippen molar-refractivity contribution < 1.29 is 9.53 Å². The van der Waals surface area contributed by atoms with E-state index in [0.717, 1.165) is 12.3 Å². The maximum Gasteiger partial charge on any atom is 0.333 e. The second kappa shape index (κ2) is 6.76. The second-order valence-corrected chi connectivity index (χ2v) is 8.00. The Morgan fingerprint density at radius 1 is 0.955 bits per heavy atom. The highest BCUT2D eigenvalue weighted by atomic mass is 16.6. The molecule has 0 aromatic carbocycles. The van der Waals surface area contributed by atoms with E-state index in [1.807, 2.05) is 0 Å². The Morgan fingerprint density at radius 3 is 2.32 bits per heavy atom. The van der Waals surface area contributed by atoms with E-state index in [0.29, 0.717) is 17.4 Å². The molecule has 0 heterocycles. The average Bonchev–Trinajstić information content (AvgIpc) is 2.56. The molecule has 0 N–H and O–H groups in total. The van der Waals surface area contributed by atoms with Crippen LogP contribution in [0.4, 0.5) is 0 Å². The number of esters is 1. The fourth-order valence-corrected chi connectivity index (χ4v) is 5.59. The van der Waals surface area contributed by atoms with Crippen molar-refractivity contribution in [3.05, 3.63) is 12.2 Å². The molecule has 3 unspecified atom stereocenters. The van der Waals surface area contributed by atoms with Gasteiger partial charge in [0.05, 0.1) is 0 Å². The minimum absolute atomic E-state index is 0.142. The van der Waals surface area contributed by atoms with Crippen LogP contribution in [0.25, 0.3) is 0 Å². The summed E-state index contributed by atoms with van der Waals surface area (Å²) in [5.41, 5.74) is 0.396. The summed E-state index contributed by atoms with van der Waals surface area (Å²) in [6.07, 6.45) is 15.5. The Labute approximate surface area is 135 Å². The average molecular weight is 304 g/mol. The van der Waals surface area contributed by atoms with Crippen LogP contribution in [-0.2, 0) is 9.53 Å². The predicted molar refractivity (Wildman–Crippen MR) is 89.5 cm³/mol. The molecule has 0 radical (unpaired) electrons. The molecule has 3 fully saturated rings. The van der Waals surface area contributed by atoms with Gasteiger partial charge in [0.15, 0.2) is 0 Å². The van der Waals surface area contributed by atoms with Crippen molar-refractivity contribution in [1.29, 1.82) is 0 Å². The quantitative estimate of drug-likeness (QED) is 0.514. The molecular weight excluding hydrogens is 272 g/mol. The van der Waals surface area contributed by atoms with Crippen molar-refractivity contribution in [3.8, 4) is 0 Å². The third kappa shape index (κ3) is 2.98. The Kier molecular flexibility index (Phi) is 4.94. The Morgan fingerprint density at radius 2 is 1.59 bits per heavy atom. The van der Waals surface area contributed by atoms with E-state index in [-0.39, 0.29) is 11.6 Å². The molecule has 0 saturated heterocycles. The largest absolute Gasteiger partial charge is 0.455 e. The van der Waals surface area contributed by atoms with Gasteiger partial charge in [0.2, 0.25) is 0 Å². The lowest BCUT2D eigenvalue weighted by Crippen LogP contribution is -2.55. The van der Waals surface area contributed by atoms with Crippen LogP contribution in [0.2, 0.25) is 0 Å². The summed E-state index contributed by atoms with van der Waals surface area (Å²) >= 11 is 0. The molecule has 0 aromatic rings. The lowest BCUT2D eigenvalue weighted by molar-refractivity contribution is -0.190. The molecule has 3 atom stereocenters. The number of hydrogen-bond acceptors (Lipinski definition) is 2. The van der Waals surface area contributed by atoms with Gasteiger partial charge in [-0.2, -0.15) is 0 Å². The summed E-state index contributed by atoms with van der Waals surface area (Å²) in [5.74, 6) is 1.86. The molecule has 124 valence electrons. The smallest absolute Gasteiger partial charge is 0.333 e. The number of ether oxygens (including phenoxy) is 1. The first-order valence-electron chi connectivity index (χ1n) is 9.52. The first-order chi connectivity index (χ1) is 10.6. The van der Waals surface area contributed by atoms with Crippen molar-refractivity contribution in [2.24, 2.45) is 17.8 Å². The molecule has 2 nitrogen and oxygen atoms in total. The number of fused-ring (bicyclic) bond motifs is 1. The normalized spacial score (nSPS) is 36.4. The zero-order valence-corrected chi connectivity index (χ0v) is 14.2. The van der Waals surface area contributed by atoms with Crippen molar-refractivity contribution in [1.82, 2.24) is 0 Å². The van der Waals surface area contributed by atoms with Crippen LogP contribution in [-0.4, -0.2) is 11.6 Å². The van der Waals surface area contributed by atoms with Gasteiger partial charge in [0.25, 0.3) is 0 Å². The highest BCUT2D eigenvalue weighted by Gasteiger charge is 2.53. The van der Waals surface area contributed by atoms with Gasteiger partial charge in [-0.3, -0.25) is 0 Å². The summed E-state index contributed by atoms with van der Waals surface area (Å²) in [6.45, 7) is 5.62. The van der Waals surface area contributed by atoms with Crippen LogP contribution in [0.1, 0.15) is 84.0 Å². The molecule has 3 aliphatic rings. The fourth-order valence-electron chi connectivity index (χ4n) is 5.59. The van der Waals surface area contributed by atoms with Crippen LogP contribution in [0.15, 0.2) is 12.2 Å². The minimum atomic E-state index is -0.167. The Hall–Kier alpha value is -0.790. The molecule has 2 heteroatoms. The number of rotatable bonds is 3. The Bertz CT molecular complexity index is 419. The van der Waals surface area contributed by atoms with Crippen LogP contribution < -0.4 is 0 Å². The van der Waals surface area contributed by atoms with Gasteiger partial charge >= 0.3 is 5.97 Å². The van der Waals surface area contributed by atoms with Crippen molar-refractivity contribution >= 4 is 5.97 Å². The van der Waals surface area contributed by atoms with Crippen LogP contribution >= 0.6 is 0 Å². The maximum absolute atomic E-state index is 12.4. The van der Waals surface area contributed by atoms with Gasteiger partial charge in [-0.15, -0.1) is 0 Å². The molecule has 22 heavy (non-hydrogen) atoms. The van der Waals surface area contributed by atoms with Crippen LogP contribution in [0.3, 0.4) is 0 Å². The molecule has 0 aromatic heterocycles. The standard InChI is InChI=1S/C20H32O2/c1-15(2)19(21)22-20(17-11-4-3-5-12-17)14-8-10-16-9-6-7-13-18(16)20/h16-18H,1,3-14H2,2H3. The SMILES string of the molecule is C=C(C)C(=O)OC1(C2CCCCC2)CCCC2CCCCC21. The first-order valence-corrected chi connectivity index (χ1v) is 9.52. The van der Waals surface area contributed by atoms with E-state index < -0.39 is 0 Å². The van der Waals surface area contributed by atoms with E-state index in [1.54, 1.807) is 6.92 Å². The van der Waals surface area contributed by atoms with Crippen molar-refractivity contribution in [2.45, 2.75) is 89.6 Å². The summed E-state index contributed by atoms with van der Waals surface area (Å²) in [7, 11) is 0. The lowest BCUT2D eigenvalue weighted by Gasteiger charge is -2.54. The Balaban J connectivity index is 1.89. The van der Waals surface area contributed by atoms with Crippen molar-refractivity contribution in [3.63, 3.8) is 0 Å². The van der Waals surface area contributed by atoms with E-state index in [1.165, 1.54) is 70.6 Å². The van der Waals surface area contributed by atoms with Crippen LogP contribution in [0.5, 0.6) is 0 Å². The molecular formula is C20H32O2. The van der Waals surface area contributed by atoms with E-state index in [9.17, 15) is 4.79 Å². The second-order valence-electron chi connectivity index (χ2n) is 8.00. The monoisotopic (exact) mass is 304 g/mol. The lowest BCUT2D eigenvalue weighted by atomic mass is 9.57. The number of hydrogen-bond donors (Lipinski definition) is 0. The summed E-state index contributed by atoms with van der Waals surface area (Å²) in [5, 5.41) is 0. The minimum Gasteiger partial charge on any atom is -0.455 e. The zero-order valence-electron chi connectivity index (χ0n) is 14.2. The molecule has 0 aliphatic heterocycles. The van der Waals surface area contributed by atoms with Gasteiger partial charge in [-0.05, 0) is 57.3 Å². The highest BCUT2D eigenvalue weighted by molar-refractivity contribution is 5.87. The van der Waals surface area contributed by atoms with E-state index in [4.69, 9.17) is 4.74 Å². The number of carbonyl (C=O) groups excluding carboxylic acids is 1. The molecule has 0 amide bonds. The highest BCUT2D eigenvalue weighted by Crippen LogP contribution is 2.54.